The summed E-state index contributed by atoms with van der Waals surface area (Å²) >= 11 is 0. The minimum Gasteiger partial charge on any atom is -0.396 e. The van der Waals surface area contributed by atoms with Crippen molar-refractivity contribution in [1.29, 1.82) is 0 Å². The molecule has 21 heavy (non-hydrogen) atoms. The molecule has 0 aromatic carbocycles. The van der Waals surface area contributed by atoms with Gasteiger partial charge >= 0.3 is 0 Å². The quantitative estimate of drug-likeness (QED) is 0.838. The Kier molecular flexibility index (Phi) is 6.23. The van der Waals surface area contributed by atoms with Gasteiger partial charge in [0.05, 0.1) is 6.33 Å². The number of rotatable bonds is 7. The van der Waals surface area contributed by atoms with Crippen molar-refractivity contribution in [3.8, 4) is 0 Å². The van der Waals surface area contributed by atoms with E-state index in [1.807, 2.05) is 11.1 Å². The summed E-state index contributed by atoms with van der Waals surface area (Å²) in [6.07, 6.45) is 11.1. The van der Waals surface area contributed by atoms with Gasteiger partial charge in [-0.2, -0.15) is 0 Å². The fourth-order valence-electron chi connectivity index (χ4n) is 3.22. The van der Waals surface area contributed by atoms with Gasteiger partial charge in [-0.05, 0) is 31.6 Å². The SMILES string of the molecule is CCCC(CC(=O)N1CCCC(CCO)C1)n1ccnc1. The number of piperidine rings is 1. The molecule has 0 spiro atoms. The first-order chi connectivity index (χ1) is 10.2. The van der Waals surface area contributed by atoms with Gasteiger partial charge in [-0.1, -0.05) is 13.3 Å². The second-order valence-corrected chi connectivity index (χ2v) is 6.02. The highest BCUT2D eigenvalue weighted by Crippen LogP contribution is 2.23. The number of carbonyl (C=O) groups is 1. The maximum Gasteiger partial charge on any atom is 0.224 e. The average Bonchev–Trinajstić information content (AvgIpc) is 3.01. The Labute approximate surface area is 127 Å². The maximum atomic E-state index is 12.6. The summed E-state index contributed by atoms with van der Waals surface area (Å²) in [5.41, 5.74) is 0. The third-order valence-electron chi connectivity index (χ3n) is 4.39. The first-order valence-electron chi connectivity index (χ1n) is 8.10. The van der Waals surface area contributed by atoms with E-state index in [0.29, 0.717) is 12.3 Å². The van der Waals surface area contributed by atoms with Crippen molar-refractivity contribution in [2.24, 2.45) is 5.92 Å². The molecule has 0 saturated carbocycles. The number of hydrogen-bond acceptors (Lipinski definition) is 3. The number of aliphatic hydroxyl groups excluding tert-OH is 1. The Morgan fingerprint density at radius 3 is 3.05 bits per heavy atom. The molecule has 5 nitrogen and oxygen atoms in total. The van der Waals surface area contributed by atoms with Crippen LogP contribution in [0.1, 0.15) is 51.5 Å². The Bertz CT molecular complexity index is 417. The molecule has 0 aliphatic carbocycles. The second kappa shape index (κ2) is 8.17. The van der Waals surface area contributed by atoms with Crippen molar-refractivity contribution in [1.82, 2.24) is 14.5 Å². The molecule has 1 aromatic rings. The summed E-state index contributed by atoms with van der Waals surface area (Å²) in [6.45, 7) is 4.04. The minimum absolute atomic E-state index is 0.211. The van der Waals surface area contributed by atoms with Gasteiger partial charge in [0.1, 0.15) is 0 Å². The van der Waals surface area contributed by atoms with Crippen LogP contribution in [-0.2, 0) is 4.79 Å². The van der Waals surface area contributed by atoms with Gasteiger partial charge in [0.15, 0.2) is 0 Å². The molecule has 118 valence electrons. The van der Waals surface area contributed by atoms with Crippen LogP contribution in [0.15, 0.2) is 18.7 Å². The lowest BCUT2D eigenvalue weighted by molar-refractivity contribution is -0.134. The van der Waals surface area contributed by atoms with Gasteiger partial charge in [-0.25, -0.2) is 4.98 Å². The Hall–Kier alpha value is -1.36. The summed E-state index contributed by atoms with van der Waals surface area (Å²) in [5, 5.41) is 9.07. The summed E-state index contributed by atoms with van der Waals surface area (Å²) in [4.78, 5) is 18.6. The van der Waals surface area contributed by atoms with Crippen LogP contribution in [0.5, 0.6) is 0 Å². The number of likely N-dealkylation sites (tertiary alicyclic amines) is 1. The minimum atomic E-state index is 0.211. The molecule has 5 heteroatoms. The van der Waals surface area contributed by atoms with E-state index in [2.05, 4.69) is 16.5 Å². The number of carbonyl (C=O) groups excluding carboxylic acids is 1. The molecular weight excluding hydrogens is 266 g/mol. The van der Waals surface area contributed by atoms with E-state index in [1.165, 1.54) is 0 Å². The van der Waals surface area contributed by atoms with E-state index in [0.717, 1.165) is 45.2 Å². The zero-order valence-corrected chi connectivity index (χ0v) is 12.9. The van der Waals surface area contributed by atoms with Crippen LogP contribution < -0.4 is 0 Å². The van der Waals surface area contributed by atoms with Crippen LogP contribution in [0.25, 0.3) is 0 Å². The van der Waals surface area contributed by atoms with Crippen molar-refractivity contribution in [3.05, 3.63) is 18.7 Å². The zero-order valence-electron chi connectivity index (χ0n) is 12.9. The third kappa shape index (κ3) is 4.56. The molecule has 1 fully saturated rings. The Balaban J connectivity index is 1.92. The smallest absolute Gasteiger partial charge is 0.224 e. The third-order valence-corrected chi connectivity index (χ3v) is 4.39. The number of imidazole rings is 1. The van der Waals surface area contributed by atoms with Crippen LogP contribution in [0.3, 0.4) is 0 Å². The van der Waals surface area contributed by atoms with Crippen molar-refractivity contribution in [2.45, 2.75) is 51.5 Å². The van der Waals surface area contributed by atoms with Crippen LogP contribution in [-0.4, -0.2) is 45.2 Å². The van der Waals surface area contributed by atoms with E-state index in [-0.39, 0.29) is 18.6 Å². The zero-order chi connectivity index (χ0) is 15.1. The van der Waals surface area contributed by atoms with Gasteiger partial charge in [0.25, 0.3) is 0 Å². The molecule has 2 heterocycles. The Morgan fingerprint density at radius 1 is 1.52 bits per heavy atom. The second-order valence-electron chi connectivity index (χ2n) is 6.02. The average molecular weight is 293 g/mol. The molecule has 1 amide bonds. The molecular formula is C16H27N3O2. The molecule has 1 aliphatic rings. The van der Waals surface area contributed by atoms with E-state index in [4.69, 9.17) is 5.11 Å². The summed E-state index contributed by atoms with van der Waals surface area (Å²) < 4.78 is 2.05. The number of hydrogen-bond donors (Lipinski definition) is 1. The summed E-state index contributed by atoms with van der Waals surface area (Å²) in [6, 6.07) is 0.211. The predicted molar refractivity (Wildman–Crippen MR) is 81.8 cm³/mol. The summed E-state index contributed by atoms with van der Waals surface area (Å²) in [5.74, 6) is 0.704. The van der Waals surface area contributed by atoms with Gasteiger partial charge in [0.2, 0.25) is 5.91 Å². The maximum absolute atomic E-state index is 12.6. The van der Waals surface area contributed by atoms with E-state index >= 15 is 0 Å². The van der Waals surface area contributed by atoms with Crippen molar-refractivity contribution in [3.63, 3.8) is 0 Å². The fourth-order valence-corrected chi connectivity index (χ4v) is 3.22. The topological polar surface area (TPSA) is 58.4 Å². The lowest BCUT2D eigenvalue weighted by atomic mass is 9.94. The molecule has 2 atom stereocenters. The summed E-state index contributed by atoms with van der Waals surface area (Å²) in [7, 11) is 0. The standard InChI is InChI=1S/C16H27N3O2/c1-2-4-15(19-9-7-17-13-19)11-16(21)18-8-3-5-14(12-18)6-10-20/h7,9,13-15,20H,2-6,8,10-12H2,1H3. The fraction of sp³-hybridized carbons (Fsp3) is 0.750. The molecule has 1 saturated heterocycles. The molecule has 0 bridgehead atoms. The molecule has 1 N–H and O–H groups in total. The number of amides is 1. The molecule has 0 radical (unpaired) electrons. The van der Waals surface area contributed by atoms with Crippen LogP contribution in [0.4, 0.5) is 0 Å². The molecule has 1 aliphatic heterocycles. The van der Waals surface area contributed by atoms with Crippen LogP contribution in [0, 0.1) is 5.92 Å². The van der Waals surface area contributed by atoms with Crippen molar-refractivity contribution in [2.75, 3.05) is 19.7 Å². The molecule has 1 aromatic heterocycles. The van der Waals surface area contributed by atoms with E-state index in [1.54, 1.807) is 12.5 Å². The van der Waals surface area contributed by atoms with Crippen molar-refractivity contribution >= 4 is 5.91 Å². The first kappa shape index (κ1) is 16.0. The Morgan fingerprint density at radius 2 is 2.38 bits per heavy atom. The molecule has 2 rings (SSSR count). The monoisotopic (exact) mass is 293 g/mol. The van der Waals surface area contributed by atoms with Gasteiger partial charge in [0, 0.05) is 44.6 Å². The lowest BCUT2D eigenvalue weighted by Crippen LogP contribution is -2.41. The van der Waals surface area contributed by atoms with E-state index < -0.39 is 0 Å². The highest BCUT2D eigenvalue weighted by Gasteiger charge is 2.25. The number of aromatic nitrogens is 2. The van der Waals surface area contributed by atoms with Gasteiger partial charge in [-0.3, -0.25) is 4.79 Å². The van der Waals surface area contributed by atoms with Gasteiger partial charge in [-0.15, -0.1) is 0 Å². The predicted octanol–water partition coefficient (Wildman–Crippen LogP) is 2.24. The first-order valence-corrected chi connectivity index (χ1v) is 8.10. The highest BCUT2D eigenvalue weighted by molar-refractivity contribution is 5.76. The van der Waals surface area contributed by atoms with Crippen LogP contribution in [0.2, 0.25) is 0 Å². The van der Waals surface area contributed by atoms with Crippen molar-refractivity contribution < 1.29 is 9.90 Å². The van der Waals surface area contributed by atoms with Crippen LogP contribution >= 0.6 is 0 Å². The highest BCUT2D eigenvalue weighted by atomic mass is 16.3. The van der Waals surface area contributed by atoms with E-state index in [9.17, 15) is 4.79 Å². The molecule has 2 unspecified atom stereocenters. The van der Waals surface area contributed by atoms with Gasteiger partial charge < -0.3 is 14.6 Å². The normalized spacial score (nSPS) is 20.5. The number of aliphatic hydroxyl groups is 1. The largest absolute Gasteiger partial charge is 0.396 e. The lowest BCUT2D eigenvalue weighted by Gasteiger charge is -2.33. The number of nitrogens with zero attached hydrogens (tertiary/aromatic N) is 3.